The van der Waals surface area contributed by atoms with Gasteiger partial charge < -0.3 is 5.32 Å². The summed E-state index contributed by atoms with van der Waals surface area (Å²) in [5, 5.41) is 4.12. The summed E-state index contributed by atoms with van der Waals surface area (Å²) in [6.45, 7) is 7.75. The Labute approximate surface area is 199 Å². The number of amides is 1. The molecule has 1 atom stereocenters. The van der Waals surface area contributed by atoms with Gasteiger partial charge in [0.25, 0.3) is 5.56 Å². The van der Waals surface area contributed by atoms with Crippen LogP contribution in [-0.2, 0) is 4.79 Å². The van der Waals surface area contributed by atoms with Gasteiger partial charge >= 0.3 is 0 Å². The summed E-state index contributed by atoms with van der Waals surface area (Å²) in [5.74, 6) is -0.369. The van der Waals surface area contributed by atoms with Crippen molar-refractivity contribution in [1.82, 2.24) is 9.55 Å². The van der Waals surface area contributed by atoms with E-state index in [2.05, 4.69) is 29.4 Å². The molecule has 0 aliphatic heterocycles. The third kappa shape index (κ3) is 4.18. The Kier molecular flexibility index (Phi) is 6.12. The minimum Gasteiger partial charge on any atom is -0.324 e. The predicted octanol–water partition coefficient (Wildman–Crippen LogP) is 6.56. The zero-order valence-electron chi connectivity index (χ0n) is 18.0. The van der Waals surface area contributed by atoms with Crippen molar-refractivity contribution in [3.05, 3.63) is 79.1 Å². The highest BCUT2D eigenvalue weighted by atomic mass is 35.5. The smallest absolute Gasteiger partial charge is 0.263 e. The number of aryl methyl sites for hydroxylation is 3. The van der Waals surface area contributed by atoms with Crippen LogP contribution in [0.15, 0.2) is 47.5 Å². The van der Waals surface area contributed by atoms with Gasteiger partial charge in [0.05, 0.1) is 11.7 Å². The van der Waals surface area contributed by atoms with E-state index in [0.717, 1.165) is 21.6 Å². The lowest BCUT2D eigenvalue weighted by atomic mass is 9.99. The molecule has 2 aromatic heterocycles. The van der Waals surface area contributed by atoms with Crippen molar-refractivity contribution in [2.45, 2.75) is 33.7 Å². The number of carbonyl (C=O) groups excluding carboxylic acids is 1. The molecule has 0 saturated carbocycles. The van der Waals surface area contributed by atoms with E-state index in [-0.39, 0.29) is 11.5 Å². The fourth-order valence-electron chi connectivity index (χ4n) is 3.63. The van der Waals surface area contributed by atoms with Crippen molar-refractivity contribution in [2.75, 3.05) is 5.32 Å². The summed E-state index contributed by atoms with van der Waals surface area (Å²) in [4.78, 5) is 32.5. The van der Waals surface area contributed by atoms with Crippen molar-refractivity contribution in [3.8, 4) is 11.1 Å². The van der Waals surface area contributed by atoms with Gasteiger partial charge in [0.15, 0.2) is 0 Å². The number of hydrogen-bond donors (Lipinski definition) is 1. The van der Waals surface area contributed by atoms with Gasteiger partial charge in [-0.05, 0) is 62.6 Å². The molecule has 0 saturated heterocycles. The van der Waals surface area contributed by atoms with Crippen LogP contribution in [0, 0.1) is 20.8 Å². The Morgan fingerprint density at radius 3 is 2.41 bits per heavy atom. The van der Waals surface area contributed by atoms with Crippen molar-refractivity contribution >= 4 is 56.3 Å². The Bertz CT molecular complexity index is 1400. The first-order valence-corrected chi connectivity index (χ1v) is 11.6. The Balaban J connectivity index is 1.76. The molecule has 1 unspecified atom stereocenters. The van der Waals surface area contributed by atoms with E-state index in [4.69, 9.17) is 23.2 Å². The van der Waals surface area contributed by atoms with Gasteiger partial charge in [-0.15, -0.1) is 11.3 Å². The molecular formula is C24H21Cl2N3O2S. The van der Waals surface area contributed by atoms with Crippen molar-refractivity contribution in [1.29, 1.82) is 0 Å². The van der Waals surface area contributed by atoms with Crippen LogP contribution in [0.1, 0.15) is 29.0 Å². The molecule has 0 aliphatic carbocycles. The number of carbonyl (C=O) groups is 1. The molecule has 32 heavy (non-hydrogen) atoms. The second-order valence-electron chi connectivity index (χ2n) is 7.79. The minimum atomic E-state index is -0.787. The maximum absolute atomic E-state index is 13.5. The fourth-order valence-corrected chi connectivity index (χ4v) is 5.16. The van der Waals surface area contributed by atoms with E-state index < -0.39 is 6.04 Å². The standard InChI is InChI=1S/C24H21Cl2N3O2S/c1-12-5-6-16(7-13(12)2)20-15(4)32-23-21(20)24(31)29(11-27-23)14(3)22(30)28-19-9-17(25)8-18(26)10-19/h5-11,14H,1-4H3,(H,28,30). The van der Waals surface area contributed by atoms with E-state index >= 15 is 0 Å². The van der Waals surface area contributed by atoms with Gasteiger partial charge in [-0.25, -0.2) is 4.98 Å². The Morgan fingerprint density at radius 1 is 1.06 bits per heavy atom. The topological polar surface area (TPSA) is 64.0 Å². The summed E-state index contributed by atoms with van der Waals surface area (Å²) >= 11 is 13.5. The van der Waals surface area contributed by atoms with Gasteiger partial charge in [0, 0.05) is 26.2 Å². The van der Waals surface area contributed by atoms with E-state index in [1.54, 1.807) is 25.1 Å². The monoisotopic (exact) mass is 485 g/mol. The van der Waals surface area contributed by atoms with Crippen LogP contribution in [0.5, 0.6) is 0 Å². The maximum atomic E-state index is 13.5. The zero-order chi connectivity index (χ0) is 23.2. The molecule has 0 radical (unpaired) electrons. The molecule has 2 aromatic carbocycles. The fraction of sp³-hybridized carbons (Fsp3) is 0.208. The van der Waals surface area contributed by atoms with Crippen LogP contribution in [-0.4, -0.2) is 15.5 Å². The summed E-state index contributed by atoms with van der Waals surface area (Å²) in [6.07, 6.45) is 1.43. The van der Waals surface area contributed by atoms with Crippen molar-refractivity contribution in [2.24, 2.45) is 0 Å². The second kappa shape index (κ2) is 8.70. The number of hydrogen-bond acceptors (Lipinski definition) is 4. The largest absolute Gasteiger partial charge is 0.324 e. The molecule has 164 valence electrons. The molecule has 2 heterocycles. The third-order valence-electron chi connectivity index (χ3n) is 5.54. The van der Waals surface area contributed by atoms with Gasteiger partial charge in [-0.2, -0.15) is 0 Å². The average Bonchev–Trinajstić information content (AvgIpc) is 3.06. The Morgan fingerprint density at radius 2 is 1.75 bits per heavy atom. The summed E-state index contributed by atoms with van der Waals surface area (Å²) in [5.41, 5.74) is 4.39. The first-order valence-electron chi connectivity index (χ1n) is 10.0. The number of nitrogens with one attached hydrogen (secondary N) is 1. The highest BCUT2D eigenvalue weighted by Gasteiger charge is 2.22. The van der Waals surface area contributed by atoms with E-state index in [0.29, 0.717) is 25.9 Å². The first-order chi connectivity index (χ1) is 15.2. The molecule has 4 aromatic rings. The number of halogens is 2. The number of rotatable bonds is 4. The lowest BCUT2D eigenvalue weighted by Crippen LogP contribution is -2.31. The van der Waals surface area contributed by atoms with Crippen molar-refractivity contribution in [3.63, 3.8) is 0 Å². The molecule has 1 N–H and O–H groups in total. The summed E-state index contributed by atoms with van der Waals surface area (Å²) in [7, 11) is 0. The quantitative estimate of drug-likeness (QED) is 0.356. The molecule has 1 amide bonds. The van der Waals surface area contributed by atoms with Gasteiger partial charge in [-0.1, -0.05) is 41.4 Å². The molecule has 0 aliphatic rings. The normalized spacial score (nSPS) is 12.2. The molecule has 8 heteroatoms. The van der Waals surface area contributed by atoms with Gasteiger partial charge in [0.1, 0.15) is 10.9 Å². The van der Waals surface area contributed by atoms with Crippen LogP contribution in [0.4, 0.5) is 5.69 Å². The SMILES string of the molecule is Cc1ccc(-c2c(C)sc3ncn(C(C)C(=O)Nc4cc(Cl)cc(Cl)c4)c(=O)c23)cc1C. The minimum absolute atomic E-state index is 0.251. The van der Waals surface area contributed by atoms with Crippen LogP contribution < -0.4 is 10.9 Å². The van der Waals surface area contributed by atoms with Crippen LogP contribution >= 0.6 is 34.5 Å². The molecule has 0 fully saturated rings. The van der Waals surface area contributed by atoms with E-state index in [1.165, 1.54) is 27.8 Å². The van der Waals surface area contributed by atoms with Crippen LogP contribution in [0.3, 0.4) is 0 Å². The molecular weight excluding hydrogens is 465 g/mol. The number of benzene rings is 2. The van der Waals surface area contributed by atoms with Crippen LogP contribution in [0.2, 0.25) is 10.0 Å². The van der Waals surface area contributed by atoms with Crippen molar-refractivity contribution < 1.29 is 4.79 Å². The predicted molar refractivity (Wildman–Crippen MR) is 133 cm³/mol. The number of anilines is 1. The summed E-state index contributed by atoms with van der Waals surface area (Å²) < 4.78 is 1.36. The number of aromatic nitrogens is 2. The first kappa shape index (κ1) is 22.5. The van der Waals surface area contributed by atoms with E-state index in [9.17, 15) is 9.59 Å². The number of fused-ring (bicyclic) bond motifs is 1. The Hall–Kier alpha value is -2.67. The maximum Gasteiger partial charge on any atom is 0.263 e. The molecule has 5 nitrogen and oxygen atoms in total. The second-order valence-corrected chi connectivity index (χ2v) is 9.87. The lowest BCUT2D eigenvalue weighted by molar-refractivity contribution is -0.118. The highest BCUT2D eigenvalue weighted by molar-refractivity contribution is 7.19. The van der Waals surface area contributed by atoms with Gasteiger partial charge in [-0.3, -0.25) is 14.2 Å². The molecule has 0 bridgehead atoms. The van der Waals surface area contributed by atoms with Gasteiger partial charge in [0.2, 0.25) is 5.91 Å². The molecule has 4 rings (SSSR count). The highest BCUT2D eigenvalue weighted by Crippen LogP contribution is 2.36. The molecule has 0 spiro atoms. The number of thiophene rings is 1. The van der Waals surface area contributed by atoms with Crippen LogP contribution in [0.25, 0.3) is 21.3 Å². The third-order valence-corrected chi connectivity index (χ3v) is 6.99. The van der Waals surface area contributed by atoms with E-state index in [1.807, 2.05) is 19.9 Å². The lowest BCUT2D eigenvalue weighted by Gasteiger charge is -2.15. The average molecular weight is 486 g/mol. The zero-order valence-corrected chi connectivity index (χ0v) is 20.3. The number of nitrogens with zero attached hydrogens (tertiary/aromatic N) is 2. The summed E-state index contributed by atoms with van der Waals surface area (Å²) in [6, 6.07) is 10.1.